The van der Waals surface area contributed by atoms with Crippen LogP contribution >= 0.6 is 49.9 Å². The number of rotatable bonds is 21. The monoisotopic (exact) mass is 2100 g/mol. The zero-order chi connectivity index (χ0) is 103. The minimum atomic E-state index is -1.23. The second-order valence-electron chi connectivity index (χ2n) is 38.3. The number of hydrogen-bond acceptors (Lipinski definition) is 33. The minimum absolute atomic E-state index is 0.0583. The van der Waals surface area contributed by atoms with Gasteiger partial charge in [-0.3, -0.25) is 43.7 Å². The summed E-state index contributed by atoms with van der Waals surface area (Å²) in [5, 5.41) is 75.3. The van der Waals surface area contributed by atoms with Gasteiger partial charge in [0.25, 0.3) is 5.91 Å². The predicted octanol–water partition coefficient (Wildman–Crippen LogP) is 14.6. The van der Waals surface area contributed by atoms with E-state index in [1.807, 2.05) is 114 Å². The van der Waals surface area contributed by atoms with Crippen LogP contribution in [0.1, 0.15) is 170 Å². The number of Topliss-reactive ketones (excluding diaryl/α,β-unsaturated/α-hetero) is 3. The molecule has 41 heteroatoms. The Morgan fingerprint density at radius 1 is 0.381 bits per heavy atom. The van der Waals surface area contributed by atoms with Crippen molar-refractivity contribution in [3.8, 4) is 78.3 Å². The fraction of sp³-hybridized carbons (Fsp3) is 0.321. The van der Waals surface area contributed by atoms with E-state index in [2.05, 4.69) is 109 Å². The van der Waals surface area contributed by atoms with Crippen LogP contribution in [-0.4, -0.2) is 260 Å². The van der Waals surface area contributed by atoms with Crippen molar-refractivity contribution in [1.29, 1.82) is 0 Å². The number of carbonyl (C=O) groups is 6. The second kappa shape index (κ2) is 42.4. The molecule has 0 saturated carbocycles. The Bertz CT molecular complexity index is 8030. The molecule has 1 aromatic carbocycles. The molecule has 0 spiro atoms. The van der Waals surface area contributed by atoms with Gasteiger partial charge in [-0.05, 0) is 200 Å². The average molecular weight is 2100 g/mol. The van der Waals surface area contributed by atoms with E-state index in [0.29, 0.717) is 140 Å². The smallest absolute Gasteiger partial charge is 0.251 e. The molecule has 17 aromatic heterocycles. The van der Waals surface area contributed by atoms with Crippen molar-refractivity contribution >= 4 is 162 Å². The highest BCUT2D eigenvalue weighted by molar-refractivity contribution is 9.10. The van der Waals surface area contributed by atoms with Crippen molar-refractivity contribution in [2.45, 2.75) is 123 Å². The van der Waals surface area contributed by atoms with Crippen LogP contribution in [0.25, 0.3) is 132 Å². The van der Waals surface area contributed by atoms with Crippen molar-refractivity contribution in [2.24, 2.45) is 10.8 Å². The average Bonchev–Trinajstić information content (AvgIpc) is 1.56. The first kappa shape index (κ1) is 101. The normalized spacial score (nSPS) is 15.1. The van der Waals surface area contributed by atoms with Gasteiger partial charge in [-0.25, -0.2) is 34.9 Å². The van der Waals surface area contributed by atoms with Crippen LogP contribution in [0.2, 0.25) is 0 Å². The number of fused-ring (bicyclic) bond motifs is 7. The van der Waals surface area contributed by atoms with Gasteiger partial charge in [0.1, 0.15) is 43.9 Å². The first-order chi connectivity index (χ1) is 70.9. The molecule has 21 heterocycles. The lowest BCUT2D eigenvalue weighted by atomic mass is 9.86. The van der Waals surface area contributed by atoms with E-state index in [9.17, 15) is 54.3 Å². The van der Waals surface area contributed by atoms with Gasteiger partial charge in [-0.15, -0.1) is 34.0 Å². The number of nitrogens with two attached hydrogens (primary N) is 4. The number of halogens is 1. The number of carbonyl (C=O) groups excluding carboxylic acids is 6. The molecule has 754 valence electrons. The Morgan fingerprint density at radius 3 is 1.01 bits per heavy atom. The summed E-state index contributed by atoms with van der Waals surface area (Å²) in [5.74, 6) is -0.00812. The Hall–Kier alpha value is -14.7. The number of aliphatic hydroxyl groups is 5. The van der Waals surface area contributed by atoms with E-state index in [1.54, 1.807) is 104 Å². The number of benzene rings is 1. The van der Waals surface area contributed by atoms with Crippen molar-refractivity contribution in [1.82, 2.24) is 108 Å². The van der Waals surface area contributed by atoms with E-state index in [1.165, 1.54) is 41.2 Å². The number of nitrogens with zero attached hydrogens (tertiary/aromatic N) is 22. The van der Waals surface area contributed by atoms with Gasteiger partial charge in [0.05, 0.1) is 123 Å². The number of nitrogen functional groups attached to an aromatic ring is 4. The summed E-state index contributed by atoms with van der Waals surface area (Å²) >= 11 is 8.45. The van der Waals surface area contributed by atoms with Crippen molar-refractivity contribution in [3.63, 3.8) is 0 Å². The molecule has 3 amide bonds. The van der Waals surface area contributed by atoms with E-state index in [-0.39, 0.29) is 70.3 Å². The van der Waals surface area contributed by atoms with Gasteiger partial charge in [-0.1, -0.05) is 48.5 Å². The van der Waals surface area contributed by atoms with Gasteiger partial charge < -0.3 is 68.1 Å². The van der Waals surface area contributed by atoms with E-state index in [0.717, 1.165) is 151 Å². The number of amides is 3. The van der Waals surface area contributed by atoms with Crippen LogP contribution in [0.5, 0.6) is 0 Å². The van der Waals surface area contributed by atoms with Crippen LogP contribution in [-0.2, 0) is 14.4 Å². The molecule has 37 nitrogen and oxygen atoms in total. The number of pyridine rings is 6. The lowest BCUT2D eigenvalue weighted by molar-refractivity contribution is -0.148. The molecule has 0 aliphatic carbocycles. The molecule has 0 radical (unpaired) electrons. The maximum absolute atomic E-state index is 13.0. The van der Waals surface area contributed by atoms with Crippen molar-refractivity contribution < 1.29 is 54.3 Å². The van der Waals surface area contributed by atoms with Crippen LogP contribution in [0.3, 0.4) is 0 Å². The summed E-state index contributed by atoms with van der Waals surface area (Å²) < 4.78 is 7.06. The van der Waals surface area contributed by atoms with E-state index in [4.69, 9.17) is 42.9 Å². The summed E-state index contributed by atoms with van der Waals surface area (Å²) in [7, 11) is 2.16. The number of aromatic nitrogens is 18. The highest BCUT2D eigenvalue weighted by atomic mass is 79.9. The van der Waals surface area contributed by atoms with Crippen LogP contribution in [0, 0.1) is 10.8 Å². The molecule has 4 aliphatic rings. The number of aliphatic hydroxyl groups excluding tert-OH is 5. The molecule has 147 heavy (non-hydrogen) atoms. The maximum atomic E-state index is 13.0. The number of thiophene rings is 3. The van der Waals surface area contributed by atoms with E-state index >= 15 is 0 Å². The topological polar surface area (TPSA) is 519 Å². The highest BCUT2D eigenvalue weighted by Crippen LogP contribution is 2.44. The number of likely N-dealkylation sites (tertiary alicyclic amines) is 4. The number of hydrogen-bond donors (Lipinski definition) is 9. The van der Waals surface area contributed by atoms with Gasteiger partial charge in [-0.2, -0.15) is 38.5 Å². The zero-order valence-corrected chi connectivity index (χ0v) is 85.8. The van der Waals surface area contributed by atoms with Gasteiger partial charge in [0, 0.05) is 177 Å². The number of ketones is 3. The summed E-state index contributed by atoms with van der Waals surface area (Å²) in [4.78, 5) is 134. The zero-order valence-electron chi connectivity index (χ0n) is 81.8. The lowest BCUT2D eigenvalue weighted by Gasteiger charge is -2.37. The number of anilines is 4. The molecule has 0 unspecified atom stereocenters. The third-order valence-corrected chi connectivity index (χ3v) is 31.7. The van der Waals surface area contributed by atoms with Gasteiger partial charge in [0.15, 0.2) is 39.9 Å². The summed E-state index contributed by atoms with van der Waals surface area (Å²) in [5.41, 5.74) is 41.9. The van der Waals surface area contributed by atoms with Crippen LogP contribution in [0.4, 0.5) is 23.3 Å². The second-order valence-corrected chi connectivity index (χ2v) is 41.8. The molecule has 18 aromatic rings. The van der Waals surface area contributed by atoms with Crippen molar-refractivity contribution in [2.75, 3.05) is 109 Å². The molecule has 22 rings (SSSR count). The molecular formula is C106H109BrN26O11S3. The standard InChI is InChI=1S/C30H31N7O4S.C28H27N7O3S.C25H28N6O4S.C23H23BrN6/c1-17(40)24-25(18-5-8-36(9-6-18)29(41)30(2,15-38)16-39)35-27-22(14-34-37(27)26(24)31)20-3-4-23(32-12-20)21-11-19-7-10-42-28(19)33-13-21;1-15(36)23-24(17-5-8-34(9-6-17)28(38)16(2)37)33-26-21(14-32-35(26)25(23)29)19-3-4-22(30-12-19)20-11-18-7-10-39-27(18)31-13-20;1-14(34)19-20(15-3-6-30(7-4-15)24(35)25(2,12-32)13-33)29-22-18(11-28-31(22)21(19)26)17-9-16-5-8-36-23(16)27-10-17;1-29-11-9-16(10-12-29)21-20(24)22(25)30-23(28-21)18(14-27-30)17-7-8-19(26-13-17)15-5-3-2-4-6-15/h3-4,7,10-14,18,38-39H,5-6,8-9,15-16,31H2,1-2H3;3-4,7,10-14,16-17,37H,5-6,8-9,29H2,1-2H3;5,8-11,15,32-33H,3-4,6-7,12-13,26H2,1-2H3;2-8,13-14,16H,9-12,25H2,1H3/t;16-;;/m.1../s1. The van der Waals surface area contributed by atoms with Gasteiger partial charge in [0.2, 0.25) is 11.8 Å². The highest BCUT2D eigenvalue weighted by Gasteiger charge is 2.42. The summed E-state index contributed by atoms with van der Waals surface area (Å²) in [6.07, 6.45) is 22.4. The third kappa shape index (κ3) is 19.9. The molecule has 0 bridgehead atoms. The third-order valence-electron chi connectivity index (χ3n) is 28.4. The first-order valence-electron chi connectivity index (χ1n) is 48.4. The fourth-order valence-electron chi connectivity index (χ4n) is 19.7. The maximum Gasteiger partial charge on any atom is 0.251 e. The molecule has 1 atom stereocenters. The SMILES string of the molecule is CC(=O)c1c(C2CCN(C(=O)C(C)(CO)CO)CC2)nc2c(-c3ccc(-c4cnc5sccc5c4)nc3)cnn2c1N.CC(=O)c1c(C2CCN(C(=O)C(C)(CO)CO)CC2)nc2c(-c3cnc4sccc4c3)cnn2c1N.CC(=O)c1c(C2CCN(C(=O)[C@@H](C)O)CC2)nc2c(-c3ccc(-c4cnc5sccc5c4)nc3)cnn2c1N.CN1CCC(c2nc3c(-c4ccc(-c5ccccc5)nc4)cnn3c(N)c2Br)CC1. The van der Waals surface area contributed by atoms with Crippen molar-refractivity contribution in [3.05, 3.63) is 225 Å². The predicted molar refractivity (Wildman–Crippen MR) is 570 cm³/mol. The molecule has 4 saturated heterocycles. The largest absolute Gasteiger partial charge is 0.395 e. The molecule has 13 N–H and O–H groups in total. The summed E-state index contributed by atoms with van der Waals surface area (Å²) in [6.45, 7) is 12.0. The Labute approximate surface area is 863 Å². The Balaban J connectivity index is 0.000000124. The first-order valence-corrected chi connectivity index (χ1v) is 51.9. The molecular weight excluding hydrogens is 1990 g/mol. The van der Waals surface area contributed by atoms with E-state index < -0.39 is 43.4 Å². The molecule has 4 fully saturated rings. The fourth-order valence-corrected chi connectivity index (χ4v) is 22.5. The van der Waals surface area contributed by atoms with Crippen LogP contribution < -0.4 is 22.9 Å². The lowest BCUT2D eigenvalue weighted by Crippen LogP contribution is -2.49. The van der Waals surface area contributed by atoms with Crippen LogP contribution in [0.15, 0.2) is 186 Å². The quantitative estimate of drug-likeness (QED) is 0.0302. The van der Waals surface area contributed by atoms with Gasteiger partial charge >= 0.3 is 0 Å². The minimum Gasteiger partial charge on any atom is -0.395 e. The Kier molecular flexibility index (Phi) is 29.1. The molecule has 4 aliphatic heterocycles. The summed E-state index contributed by atoms with van der Waals surface area (Å²) in [6, 6.07) is 34.3. The Morgan fingerprint density at radius 2 is 0.680 bits per heavy atom. The number of piperidine rings is 4.